The molecule has 0 radical (unpaired) electrons. The molecule has 0 aromatic heterocycles. The third kappa shape index (κ3) is 63.0. The van der Waals surface area contributed by atoms with Crippen LogP contribution in [0.4, 0.5) is 0 Å². The Kier molecular flexibility index (Phi) is 61.8. The van der Waals surface area contributed by atoms with Gasteiger partial charge in [0.15, 0.2) is 6.10 Å². The predicted molar refractivity (Wildman–Crippen MR) is 334 cm³/mol. The molecule has 0 spiro atoms. The first kappa shape index (κ1) is 73.3. The van der Waals surface area contributed by atoms with Crippen molar-refractivity contribution >= 4 is 17.9 Å². The summed E-state index contributed by atoms with van der Waals surface area (Å²) in [5, 5.41) is 0. The number of hydrogen-bond acceptors (Lipinski definition) is 6. The molecule has 0 N–H and O–H groups in total. The highest BCUT2D eigenvalue weighted by Crippen LogP contribution is 2.16. The summed E-state index contributed by atoms with van der Waals surface area (Å²) in [5.41, 5.74) is 0. The van der Waals surface area contributed by atoms with Crippen LogP contribution in [0, 0.1) is 0 Å². The van der Waals surface area contributed by atoms with Crippen molar-refractivity contribution in [3.63, 3.8) is 0 Å². The number of ether oxygens (including phenoxy) is 3. The van der Waals surface area contributed by atoms with E-state index in [0.29, 0.717) is 19.3 Å². The summed E-state index contributed by atoms with van der Waals surface area (Å²) < 4.78 is 16.9. The van der Waals surface area contributed by atoms with Crippen LogP contribution in [0.5, 0.6) is 0 Å². The minimum atomic E-state index is -0.786. The summed E-state index contributed by atoms with van der Waals surface area (Å²) in [6.07, 6.45) is 87.0. The molecule has 0 bridgehead atoms. The lowest BCUT2D eigenvalue weighted by atomic mass is 10.0. The molecule has 0 aliphatic carbocycles. The Morgan fingerprint density at radius 3 is 0.857 bits per heavy atom. The monoisotopic (exact) mass is 1070 g/mol. The Balaban J connectivity index is 4.26. The third-order valence-electron chi connectivity index (χ3n) is 14.0. The maximum Gasteiger partial charge on any atom is 0.306 e. The number of unbranched alkanes of at least 4 members (excludes halogenated alkanes) is 32. The van der Waals surface area contributed by atoms with Crippen molar-refractivity contribution < 1.29 is 28.6 Å². The molecule has 0 aliphatic rings. The lowest BCUT2D eigenvalue weighted by Crippen LogP contribution is -2.30. The summed E-state index contributed by atoms with van der Waals surface area (Å²) in [7, 11) is 0. The molecule has 1 unspecified atom stereocenters. The fourth-order valence-electron chi connectivity index (χ4n) is 9.15. The first-order valence-corrected chi connectivity index (χ1v) is 32.7. The van der Waals surface area contributed by atoms with E-state index < -0.39 is 6.10 Å². The molecule has 0 saturated heterocycles. The molecule has 0 aromatic carbocycles. The van der Waals surface area contributed by atoms with E-state index in [1.807, 2.05) is 0 Å². The number of carbonyl (C=O) groups excluding carboxylic acids is 3. The van der Waals surface area contributed by atoms with E-state index in [-0.39, 0.29) is 31.1 Å². The predicted octanol–water partition coefficient (Wildman–Crippen LogP) is 22.4. The number of allylic oxidation sites excluding steroid dienone is 16. The van der Waals surface area contributed by atoms with Crippen molar-refractivity contribution in [1.29, 1.82) is 0 Å². The maximum absolute atomic E-state index is 12.9. The van der Waals surface area contributed by atoms with Crippen LogP contribution in [-0.4, -0.2) is 37.2 Å². The molecule has 77 heavy (non-hydrogen) atoms. The molecule has 0 heterocycles. The zero-order valence-corrected chi connectivity index (χ0v) is 50.7. The molecule has 0 amide bonds. The molecule has 6 nitrogen and oxygen atoms in total. The molecule has 0 rings (SSSR count). The molecule has 442 valence electrons. The van der Waals surface area contributed by atoms with Gasteiger partial charge in [-0.25, -0.2) is 0 Å². The fraction of sp³-hybridized carbons (Fsp3) is 0.732. The molecule has 6 heteroatoms. The van der Waals surface area contributed by atoms with Crippen LogP contribution >= 0.6 is 0 Å². The highest BCUT2D eigenvalue weighted by Gasteiger charge is 2.19. The number of carbonyl (C=O) groups is 3. The van der Waals surface area contributed by atoms with Crippen LogP contribution in [0.1, 0.15) is 316 Å². The van der Waals surface area contributed by atoms with Crippen LogP contribution in [0.15, 0.2) is 97.2 Å². The van der Waals surface area contributed by atoms with E-state index in [9.17, 15) is 14.4 Å². The van der Waals surface area contributed by atoms with Crippen molar-refractivity contribution in [2.75, 3.05) is 13.2 Å². The fourth-order valence-corrected chi connectivity index (χ4v) is 9.15. The van der Waals surface area contributed by atoms with Gasteiger partial charge in [0.25, 0.3) is 0 Å². The molecule has 0 aliphatic heterocycles. The van der Waals surface area contributed by atoms with Gasteiger partial charge in [-0.15, -0.1) is 0 Å². The van der Waals surface area contributed by atoms with Crippen LogP contribution in [0.3, 0.4) is 0 Å². The Hall–Kier alpha value is -3.67. The van der Waals surface area contributed by atoms with E-state index in [4.69, 9.17) is 14.2 Å². The van der Waals surface area contributed by atoms with Gasteiger partial charge < -0.3 is 14.2 Å². The first-order chi connectivity index (χ1) is 38.0. The summed E-state index contributed by atoms with van der Waals surface area (Å²) in [6, 6.07) is 0. The zero-order chi connectivity index (χ0) is 55.7. The Morgan fingerprint density at radius 1 is 0.273 bits per heavy atom. The lowest BCUT2D eigenvalue weighted by Gasteiger charge is -2.18. The van der Waals surface area contributed by atoms with Gasteiger partial charge in [0, 0.05) is 19.3 Å². The third-order valence-corrected chi connectivity index (χ3v) is 14.0. The normalized spacial score (nSPS) is 12.7. The van der Waals surface area contributed by atoms with Crippen molar-refractivity contribution in [1.82, 2.24) is 0 Å². The second-order valence-electron chi connectivity index (χ2n) is 21.6. The van der Waals surface area contributed by atoms with Gasteiger partial charge in [0.1, 0.15) is 13.2 Å². The van der Waals surface area contributed by atoms with Crippen molar-refractivity contribution in [3.8, 4) is 0 Å². The maximum atomic E-state index is 12.9. The van der Waals surface area contributed by atoms with Gasteiger partial charge in [-0.2, -0.15) is 0 Å². The zero-order valence-electron chi connectivity index (χ0n) is 50.7. The topological polar surface area (TPSA) is 78.9 Å². The minimum absolute atomic E-state index is 0.0827. The van der Waals surface area contributed by atoms with E-state index in [2.05, 4.69) is 118 Å². The van der Waals surface area contributed by atoms with Gasteiger partial charge in [0.05, 0.1) is 0 Å². The highest BCUT2D eigenvalue weighted by atomic mass is 16.6. The number of rotatable bonds is 59. The van der Waals surface area contributed by atoms with Crippen LogP contribution < -0.4 is 0 Å². The Labute approximate surface area is 477 Å². The second kappa shape index (κ2) is 64.9. The first-order valence-electron chi connectivity index (χ1n) is 32.7. The summed E-state index contributed by atoms with van der Waals surface area (Å²) in [6.45, 7) is 6.47. The molecule has 0 fully saturated rings. The van der Waals surface area contributed by atoms with Crippen LogP contribution in [0.25, 0.3) is 0 Å². The van der Waals surface area contributed by atoms with E-state index in [0.717, 1.165) is 116 Å². The van der Waals surface area contributed by atoms with E-state index >= 15 is 0 Å². The molecule has 0 saturated carbocycles. The standard InChI is InChI=1S/C71H122O6/c1-4-7-10-13-16-19-22-25-27-29-30-31-32-33-34-35-36-37-38-39-40-42-43-46-49-52-55-58-61-64-70(73)76-67-68(66-75-69(72)63-60-57-54-51-48-45-24-21-18-15-12-9-6-3)77-71(74)65-62-59-56-53-50-47-44-41-28-26-23-20-17-14-11-8-5-2/h7,10,12,15-16,19,21,24-28,30-31,33-34,68H,4-6,8-9,11,13-14,17-18,20,22-23,29,32,35-67H2,1-3H3/b10-7-,15-12-,19-16-,24-21-,27-25-,28-26-,31-30-,34-33-. The summed E-state index contributed by atoms with van der Waals surface area (Å²) >= 11 is 0. The van der Waals surface area contributed by atoms with E-state index in [1.54, 1.807) is 0 Å². The van der Waals surface area contributed by atoms with Crippen molar-refractivity contribution in [2.24, 2.45) is 0 Å². The molecule has 1 atom stereocenters. The Morgan fingerprint density at radius 2 is 0.532 bits per heavy atom. The van der Waals surface area contributed by atoms with Gasteiger partial charge in [0.2, 0.25) is 0 Å². The quantitative estimate of drug-likeness (QED) is 0.0261. The minimum Gasteiger partial charge on any atom is -0.462 e. The lowest BCUT2D eigenvalue weighted by molar-refractivity contribution is -0.167. The van der Waals surface area contributed by atoms with Gasteiger partial charge >= 0.3 is 17.9 Å². The molecular formula is C71H122O6. The highest BCUT2D eigenvalue weighted by molar-refractivity contribution is 5.71. The largest absolute Gasteiger partial charge is 0.462 e. The molecular weight excluding hydrogens is 949 g/mol. The van der Waals surface area contributed by atoms with Crippen LogP contribution in [-0.2, 0) is 28.6 Å². The SMILES string of the molecule is CC/C=C\C/C=C\C/C=C\C/C=C\C/C=C\CCCCCCCCCCCCCCCC(=O)OCC(COC(=O)CCCCCCC/C=C\C/C=C\CCC)OC(=O)CCCCCCCCC/C=C\CCCCCCCC. The van der Waals surface area contributed by atoms with Gasteiger partial charge in [-0.3, -0.25) is 14.4 Å². The Bertz CT molecular complexity index is 1510. The number of esters is 3. The summed E-state index contributed by atoms with van der Waals surface area (Å²) in [5.74, 6) is -0.892. The van der Waals surface area contributed by atoms with E-state index in [1.165, 1.54) is 161 Å². The summed E-state index contributed by atoms with van der Waals surface area (Å²) in [4.78, 5) is 38.3. The van der Waals surface area contributed by atoms with Crippen molar-refractivity contribution in [3.05, 3.63) is 97.2 Å². The van der Waals surface area contributed by atoms with Gasteiger partial charge in [-0.05, 0) is 116 Å². The average molecular weight is 1070 g/mol. The molecule has 0 aromatic rings. The second-order valence-corrected chi connectivity index (χ2v) is 21.6. The van der Waals surface area contributed by atoms with Gasteiger partial charge in [-0.1, -0.05) is 279 Å². The smallest absolute Gasteiger partial charge is 0.306 e. The average Bonchev–Trinajstić information content (AvgIpc) is 3.43. The van der Waals surface area contributed by atoms with Crippen molar-refractivity contribution in [2.45, 2.75) is 322 Å². The number of hydrogen-bond donors (Lipinski definition) is 0. The van der Waals surface area contributed by atoms with Crippen LogP contribution in [0.2, 0.25) is 0 Å².